The van der Waals surface area contributed by atoms with Crippen LogP contribution in [0.3, 0.4) is 0 Å². The number of anilines is 1. The molecule has 0 aliphatic heterocycles. The molecule has 0 fully saturated rings. The minimum Gasteiger partial charge on any atom is -0.480 e. The number of ketones is 1. The van der Waals surface area contributed by atoms with Crippen molar-refractivity contribution in [3.63, 3.8) is 0 Å². The number of carbonyl (C=O) groups excluding carboxylic acids is 2. The summed E-state index contributed by atoms with van der Waals surface area (Å²) in [5.41, 5.74) is 1.18. The number of Topliss-reactive ketones (excluding diaryl/α,β-unsaturated/α-hetero) is 1. The number of nitrogens with zero attached hydrogens (tertiary/aromatic N) is 2. The second-order valence-electron chi connectivity index (χ2n) is 8.79. The highest BCUT2D eigenvalue weighted by Gasteiger charge is 2.27. The number of aromatic nitrogens is 2. The van der Waals surface area contributed by atoms with Crippen molar-refractivity contribution < 1.29 is 24.2 Å². The van der Waals surface area contributed by atoms with E-state index in [0.717, 1.165) is 10.2 Å². The number of hydrogen-bond donors (Lipinski definition) is 2. The zero-order valence-electron chi connectivity index (χ0n) is 21.4. The van der Waals surface area contributed by atoms with Crippen LogP contribution in [0.25, 0.3) is 11.1 Å². The summed E-state index contributed by atoms with van der Waals surface area (Å²) in [5, 5.41) is 16.6. The van der Waals surface area contributed by atoms with Crippen LogP contribution in [-0.4, -0.2) is 39.7 Å². The largest absolute Gasteiger partial charge is 0.480 e. The van der Waals surface area contributed by atoms with Gasteiger partial charge in [0.25, 0.3) is 5.56 Å². The van der Waals surface area contributed by atoms with Gasteiger partial charge in [-0.3, -0.25) is 14.4 Å². The minimum atomic E-state index is -1.21. The quantitative estimate of drug-likeness (QED) is 0.249. The summed E-state index contributed by atoms with van der Waals surface area (Å²) in [6.45, 7) is 1.39. The standard InChI is InChI=1S/C29H23Cl2N3O6/c1-16(35)20-10-8-18(30)13-22(20)23-15-26(36)34(33-28(23)40-2)25(12-17-6-4-3-5-7-17)27(37)32-19-9-11-21(29(38)39)24(31)14-19/h3-11,13-15,25H,12H2,1-2H3,(H,32,37)(H,38,39). The molecule has 1 unspecified atom stereocenters. The third kappa shape index (κ3) is 6.22. The number of rotatable bonds is 9. The Balaban J connectivity index is 1.80. The van der Waals surface area contributed by atoms with Gasteiger partial charge in [-0.15, -0.1) is 5.10 Å². The second kappa shape index (κ2) is 12.1. The maximum absolute atomic E-state index is 13.6. The monoisotopic (exact) mass is 579 g/mol. The number of ether oxygens (including phenoxy) is 1. The van der Waals surface area contributed by atoms with Crippen LogP contribution in [0.4, 0.5) is 5.69 Å². The van der Waals surface area contributed by atoms with E-state index in [0.29, 0.717) is 16.1 Å². The van der Waals surface area contributed by atoms with Crippen molar-refractivity contribution in [1.29, 1.82) is 0 Å². The van der Waals surface area contributed by atoms with Crippen molar-refractivity contribution in [3.8, 4) is 17.0 Å². The van der Waals surface area contributed by atoms with Gasteiger partial charge in [-0.2, -0.15) is 0 Å². The number of carbonyl (C=O) groups is 3. The molecule has 0 bridgehead atoms. The molecule has 0 spiro atoms. The van der Waals surface area contributed by atoms with E-state index < -0.39 is 23.5 Å². The average Bonchev–Trinajstić information content (AvgIpc) is 2.92. The molecule has 9 nitrogen and oxygen atoms in total. The lowest BCUT2D eigenvalue weighted by atomic mass is 9.98. The summed E-state index contributed by atoms with van der Waals surface area (Å²) in [6.07, 6.45) is 0.0961. The summed E-state index contributed by atoms with van der Waals surface area (Å²) in [7, 11) is 1.36. The maximum Gasteiger partial charge on any atom is 0.337 e. The lowest BCUT2D eigenvalue weighted by Gasteiger charge is -2.20. The first-order valence-corrected chi connectivity index (χ1v) is 12.7. The van der Waals surface area contributed by atoms with Gasteiger partial charge in [-0.25, -0.2) is 9.48 Å². The highest BCUT2D eigenvalue weighted by atomic mass is 35.5. The summed E-state index contributed by atoms with van der Waals surface area (Å²) in [5.74, 6) is -2.05. The number of carboxylic acid groups (broad SMARTS) is 1. The second-order valence-corrected chi connectivity index (χ2v) is 9.63. The smallest absolute Gasteiger partial charge is 0.337 e. The lowest BCUT2D eigenvalue weighted by molar-refractivity contribution is -0.119. The number of halogens is 2. The van der Waals surface area contributed by atoms with Gasteiger partial charge in [-0.05, 0) is 54.4 Å². The zero-order chi connectivity index (χ0) is 29.0. The molecule has 0 radical (unpaired) electrons. The Bertz CT molecular complexity index is 1670. The Morgan fingerprint density at radius 1 is 0.975 bits per heavy atom. The van der Waals surface area contributed by atoms with Gasteiger partial charge >= 0.3 is 5.97 Å². The fourth-order valence-electron chi connectivity index (χ4n) is 4.19. The van der Waals surface area contributed by atoms with Crippen molar-refractivity contribution in [3.05, 3.63) is 110 Å². The molecule has 0 saturated heterocycles. The minimum absolute atomic E-state index is 0.00378. The van der Waals surface area contributed by atoms with Crippen molar-refractivity contribution >= 4 is 46.5 Å². The first-order chi connectivity index (χ1) is 19.1. The molecule has 0 aliphatic rings. The van der Waals surface area contributed by atoms with E-state index in [2.05, 4.69) is 10.4 Å². The number of amides is 1. The first-order valence-electron chi connectivity index (χ1n) is 12.0. The Labute approximate surface area is 238 Å². The molecule has 11 heteroatoms. The molecule has 40 heavy (non-hydrogen) atoms. The summed E-state index contributed by atoms with van der Waals surface area (Å²) < 4.78 is 6.50. The fraction of sp³-hybridized carbons (Fsp3) is 0.138. The molecule has 0 saturated carbocycles. The molecular formula is C29H23Cl2N3O6. The topological polar surface area (TPSA) is 128 Å². The Morgan fingerprint density at radius 3 is 2.30 bits per heavy atom. The van der Waals surface area contributed by atoms with Crippen LogP contribution in [-0.2, 0) is 11.2 Å². The van der Waals surface area contributed by atoms with Crippen LogP contribution in [0.2, 0.25) is 10.0 Å². The summed E-state index contributed by atoms with van der Waals surface area (Å²) >= 11 is 12.3. The zero-order valence-corrected chi connectivity index (χ0v) is 22.9. The van der Waals surface area contributed by atoms with Crippen molar-refractivity contribution in [2.45, 2.75) is 19.4 Å². The molecule has 2 N–H and O–H groups in total. The van der Waals surface area contributed by atoms with Crippen molar-refractivity contribution in [1.82, 2.24) is 9.78 Å². The molecule has 4 aromatic rings. The summed E-state index contributed by atoms with van der Waals surface area (Å²) in [4.78, 5) is 50.6. The van der Waals surface area contributed by atoms with Gasteiger partial charge in [0.2, 0.25) is 11.8 Å². The van der Waals surface area contributed by atoms with E-state index in [1.54, 1.807) is 42.5 Å². The van der Waals surface area contributed by atoms with Gasteiger partial charge in [0.15, 0.2) is 5.78 Å². The van der Waals surface area contributed by atoms with E-state index in [4.69, 9.17) is 27.9 Å². The molecular weight excluding hydrogens is 557 g/mol. The number of nitrogens with one attached hydrogen (secondary N) is 1. The molecule has 1 aromatic heterocycles. The highest BCUT2D eigenvalue weighted by Crippen LogP contribution is 2.33. The van der Waals surface area contributed by atoms with Crippen LogP contribution >= 0.6 is 23.2 Å². The maximum atomic E-state index is 13.6. The Kier molecular flexibility index (Phi) is 8.67. The van der Waals surface area contributed by atoms with E-state index >= 15 is 0 Å². The van der Waals surface area contributed by atoms with Gasteiger partial charge in [0.05, 0.1) is 23.3 Å². The third-order valence-electron chi connectivity index (χ3n) is 6.10. The molecule has 0 aliphatic carbocycles. The molecule has 1 amide bonds. The van der Waals surface area contributed by atoms with Gasteiger partial charge in [-0.1, -0.05) is 53.5 Å². The van der Waals surface area contributed by atoms with E-state index in [-0.39, 0.29) is 39.9 Å². The molecule has 204 valence electrons. The average molecular weight is 580 g/mol. The molecule has 1 heterocycles. The number of carboxylic acids is 1. The van der Waals surface area contributed by atoms with Crippen LogP contribution in [0.1, 0.15) is 39.2 Å². The van der Waals surface area contributed by atoms with E-state index in [1.165, 1.54) is 38.3 Å². The first kappa shape index (κ1) is 28.5. The molecule has 4 rings (SSSR count). The van der Waals surface area contributed by atoms with E-state index in [1.807, 2.05) is 6.07 Å². The molecule has 1 atom stereocenters. The molecule has 3 aromatic carbocycles. The van der Waals surface area contributed by atoms with Gasteiger partial charge < -0.3 is 15.2 Å². The van der Waals surface area contributed by atoms with Gasteiger partial charge in [0, 0.05) is 28.8 Å². The number of hydrogen-bond acceptors (Lipinski definition) is 6. The number of methoxy groups -OCH3 is 1. The highest BCUT2D eigenvalue weighted by molar-refractivity contribution is 6.34. The van der Waals surface area contributed by atoms with Gasteiger partial charge in [0.1, 0.15) is 6.04 Å². The number of benzene rings is 3. The predicted octanol–water partition coefficient (Wildman–Crippen LogP) is 5.55. The van der Waals surface area contributed by atoms with Crippen molar-refractivity contribution in [2.75, 3.05) is 12.4 Å². The van der Waals surface area contributed by atoms with Crippen LogP contribution < -0.4 is 15.6 Å². The van der Waals surface area contributed by atoms with Crippen LogP contribution in [0, 0.1) is 0 Å². The normalized spacial score (nSPS) is 11.5. The summed E-state index contributed by atoms with van der Waals surface area (Å²) in [6, 6.07) is 17.8. The number of aromatic carboxylic acids is 1. The Morgan fingerprint density at radius 2 is 1.68 bits per heavy atom. The lowest BCUT2D eigenvalue weighted by Crippen LogP contribution is -2.36. The van der Waals surface area contributed by atoms with Crippen molar-refractivity contribution in [2.24, 2.45) is 0 Å². The SMILES string of the molecule is COc1nn(C(Cc2ccccc2)C(=O)Nc2ccc(C(=O)O)c(Cl)c2)c(=O)cc1-c1cc(Cl)ccc1C(C)=O. The van der Waals surface area contributed by atoms with E-state index in [9.17, 15) is 24.3 Å². The third-order valence-corrected chi connectivity index (χ3v) is 6.65. The fourth-order valence-corrected chi connectivity index (χ4v) is 4.62. The predicted molar refractivity (Wildman–Crippen MR) is 152 cm³/mol. The Hall–Kier alpha value is -4.47. The van der Waals surface area contributed by atoms with Crippen LogP contribution in [0.15, 0.2) is 77.6 Å². The van der Waals surface area contributed by atoms with Crippen LogP contribution in [0.5, 0.6) is 5.88 Å².